The first-order valence-electron chi connectivity index (χ1n) is 4.27. The number of rotatable bonds is 2. The standard InChI is InChI=1S/C12H10P.ClH.Mg/c1-3-7-11(8-4-1)13-12-9-5-2-6-10-12;;/h1-10H;1H;/q-1;;+2/p-1. The molecule has 0 aliphatic heterocycles. The summed E-state index contributed by atoms with van der Waals surface area (Å²) in [4.78, 5) is 0. The monoisotopic (exact) mass is 244 g/mol. The van der Waals surface area contributed by atoms with Gasteiger partial charge in [-0.05, 0) is 0 Å². The zero-order valence-electron chi connectivity index (χ0n) is 8.31. The second kappa shape index (κ2) is 8.12. The summed E-state index contributed by atoms with van der Waals surface area (Å²) >= 11 is 0. The third kappa shape index (κ3) is 4.99. The molecule has 72 valence electrons. The van der Waals surface area contributed by atoms with Gasteiger partial charge >= 0.3 is 23.1 Å². The van der Waals surface area contributed by atoms with Gasteiger partial charge in [0.05, 0.1) is 0 Å². The average molecular weight is 245 g/mol. The van der Waals surface area contributed by atoms with E-state index in [-0.39, 0.29) is 35.5 Å². The summed E-state index contributed by atoms with van der Waals surface area (Å²) in [7, 11) is 1.28. The fourth-order valence-electron chi connectivity index (χ4n) is 1.15. The zero-order valence-corrected chi connectivity index (χ0v) is 11.4. The van der Waals surface area contributed by atoms with Crippen LogP contribution in [0.25, 0.3) is 0 Å². The minimum absolute atomic E-state index is 0. The fraction of sp³-hybridized carbons (Fsp3) is 0. The van der Waals surface area contributed by atoms with Crippen LogP contribution in [0.1, 0.15) is 0 Å². The van der Waals surface area contributed by atoms with Gasteiger partial charge in [0.1, 0.15) is 0 Å². The van der Waals surface area contributed by atoms with Gasteiger partial charge in [0.25, 0.3) is 0 Å². The molecular weight excluding hydrogens is 235 g/mol. The van der Waals surface area contributed by atoms with Crippen LogP contribution in [0, 0.1) is 0 Å². The van der Waals surface area contributed by atoms with Gasteiger partial charge in [0.15, 0.2) is 0 Å². The molecule has 0 spiro atoms. The van der Waals surface area contributed by atoms with Crippen molar-refractivity contribution in [1.82, 2.24) is 0 Å². The molecule has 3 heteroatoms. The summed E-state index contributed by atoms with van der Waals surface area (Å²) in [5.41, 5.74) is 0. The Morgan fingerprint density at radius 1 is 0.600 bits per heavy atom. The number of benzene rings is 2. The predicted octanol–water partition coefficient (Wildman–Crippen LogP) is -0.793. The van der Waals surface area contributed by atoms with Gasteiger partial charge in [0, 0.05) is 0 Å². The third-order valence-corrected chi connectivity index (χ3v) is 2.88. The topological polar surface area (TPSA) is 0 Å². The molecule has 0 nitrogen and oxygen atoms in total. The molecule has 2 rings (SSSR count). The maximum atomic E-state index is 2.15. The van der Waals surface area contributed by atoms with Crippen LogP contribution >= 0.6 is 8.58 Å². The van der Waals surface area contributed by atoms with Crippen molar-refractivity contribution in [3.63, 3.8) is 0 Å². The van der Waals surface area contributed by atoms with E-state index in [1.807, 2.05) is 12.1 Å². The predicted molar refractivity (Wildman–Crippen MR) is 64.8 cm³/mol. The van der Waals surface area contributed by atoms with Crippen LogP contribution in [-0.2, 0) is 0 Å². The van der Waals surface area contributed by atoms with Crippen molar-refractivity contribution in [2.75, 3.05) is 0 Å². The second-order valence-electron chi connectivity index (χ2n) is 2.78. The van der Waals surface area contributed by atoms with Crippen molar-refractivity contribution in [1.29, 1.82) is 0 Å². The van der Waals surface area contributed by atoms with E-state index >= 15 is 0 Å². The van der Waals surface area contributed by atoms with Gasteiger partial charge in [-0.1, -0.05) is 60.7 Å². The van der Waals surface area contributed by atoms with Gasteiger partial charge in [0.2, 0.25) is 0 Å². The molecule has 0 aromatic heterocycles. The van der Waals surface area contributed by atoms with Crippen LogP contribution in [0.15, 0.2) is 60.7 Å². The summed E-state index contributed by atoms with van der Waals surface area (Å²) < 4.78 is 0. The van der Waals surface area contributed by atoms with Crippen LogP contribution in [0.2, 0.25) is 0 Å². The molecule has 0 saturated heterocycles. The number of hydrogen-bond acceptors (Lipinski definition) is 0. The Morgan fingerprint density at radius 2 is 0.933 bits per heavy atom. The van der Waals surface area contributed by atoms with Crippen molar-refractivity contribution in [2.24, 2.45) is 0 Å². The molecule has 2 aromatic carbocycles. The van der Waals surface area contributed by atoms with Gasteiger partial charge in [-0.2, -0.15) is 0 Å². The normalized spacial score (nSPS) is 8.53. The van der Waals surface area contributed by atoms with E-state index < -0.39 is 0 Å². The Labute approximate surface area is 115 Å². The zero-order chi connectivity index (χ0) is 8.93. The van der Waals surface area contributed by atoms with Crippen molar-refractivity contribution >= 4 is 42.2 Å². The molecule has 0 aliphatic carbocycles. The smallest absolute Gasteiger partial charge is 1.00 e. The van der Waals surface area contributed by atoms with Crippen molar-refractivity contribution in [3.05, 3.63) is 60.7 Å². The molecule has 15 heavy (non-hydrogen) atoms. The van der Waals surface area contributed by atoms with Crippen LogP contribution < -0.4 is 23.0 Å². The third-order valence-electron chi connectivity index (χ3n) is 1.77. The minimum atomic E-state index is 0. The molecule has 0 aliphatic rings. The Bertz CT molecular complexity index is 326. The maximum absolute atomic E-state index is 2.15. The van der Waals surface area contributed by atoms with E-state index in [1.165, 1.54) is 19.2 Å². The van der Waals surface area contributed by atoms with Gasteiger partial charge < -0.3 is 21.0 Å². The SMILES string of the molecule is [Cl-].[Mg+2].c1ccc([P-]c2ccccc2)cc1. The fourth-order valence-corrected chi connectivity index (χ4v) is 2.09. The number of halogens is 1. The summed E-state index contributed by atoms with van der Waals surface area (Å²) in [6.07, 6.45) is 0. The van der Waals surface area contributed by atoms with E-state index in [4.69, 9.17) is 0 Å². The van der Waals surface area contributed by atoms with Crippen LogP contribution in [0.5, 0.6) is 0 Å². The Morgan fingerprint density at radius 3 is 1.27 bits per heavy atom. The Hall–Kier alpha value is -0.0738. The summed E-state index contributed by atoms with van der Waals surface area (Å²) in [5.74, 6) is 0. The van der Waals surface area contributed by atoms with Crippen molar-refractivity contribution in [3.8, 4) is 0 Å². The Kier molecular flexibility index (Phi) is 8.08. The van der Waals surface area contributed by atoms with Crippen molar-refractivity contribution in [2.45, 2.75) is 0 Å². The van der Waals surface area contributed by atoms with E-state index in [9.17, 15) is 0 Å². The maximum Gasteiger partial charge on any atom is 2.00 e. The van der Waals surface area contributed by atoms with Crippen LogP contribution in [-0.4, -0.2) is 23.1 Å². The first kappa shape index (κ1) is 14.9. The molecule has 0 atom stereocenters. The molecule has 0 bridgehead atoms. The van der Waals surface area contributed by atoms with Crippen LogP contribution in [0.3, 0.4) is 0 Å². The van der Waals surface area contributed by atoms with E-state index in [0.29, 0.717) is 0 Å². The molecular formula is C12H10ClMgP. The molecule has 0 N–H and O–H groups in total. The van der Waals surface area contributed by atoms with Crippen LogP contribution in [0.4, 0.5) is 0 Å². The largest absolute Gasteiger partial charge is 2.00 e. The quantitative estimate of drug-likeness (QED) is 0.480. The number of hydrogen-bond donors (Lipinski definition) is 0. The molecule has 0 fully saturated rings. The molecule has 0 unspecified atom stereocenters. The molecule has 0 saturated carbocycles. The van der Waals surface area contributed by atoms with Gasteiger partial charge in [-0.15, -0.1) is 0 Å². The average Bonchev–Trinajstić information content (AvgIpc) is 2.21. The molecule has 2 aromatic rings. The molecule has 0 heterocycles. The Balaban J connectivity index is 0.000000980. The first-order chi connectivity index (χ1) is 6.45. The molecule has 0 radical (unpaired) electrons. The summed E-state index contributed by atoms with van der Waals surface area (Å²) in [6.45, 7) is 0. The van der Waals surface area contributed by atoms with Crippen molar-refractivity contribution < 1.29 is 12.4 Å². The minimum Gasteiger partial charge on any atom is -1.00 e. The second-order valence-corrected chi connectivity index (χ2v) is 4.04. The first-order valence-corrected chi connectivity index (χ1v) is 5.16. The summed E-state index contributed by atoms with van der Waals surface area (Å²) in [6, 6.07) is 21.0. The van der Waals surface area contributed by atoms with E-state index in [1.54, 1.807) is 0 Å². The van der Waals surface area contributed by atoms with Gasteiger partial charge in [-0.3, -0.25) is 0 Å². The van der Waals surface area contributed by atoms with E-state index in [2.05, 4.69) is 48.5 Å². The van der Waals surface area contributed by atoms with E-state index in [0.717, 1.165) is 0 Å². The molecule has 0 amide bonds. The van der Waals surface area contributed by atoms with Gasteiger partial charge in [-0.25, -0.2) is 10.6 Å². The summed E-state index contributed by atoms with van der Waals surface area (Å²) in [5, 5.41) is 2.68.